The van der Waals surface area contributed by atoms with Gasteiger partial charge >= 0.3 is 0 Å². The first kappa shape index (κ1) is 10.8. The summed E-state index contributed by atoms with van der Waals surface area (Å²) in [7, 11) is 0. The molecule has 0 bridgehead atoms. The third-order valence-corrected chi connectivity index (χ3v) is 2.31. The van der Waals surface area contributed by atoms with Crippen molar-refractivity contribution >= 4 is 0 Å². The van der Waals surface area contributed by atoms with Crippen LogP contribution in [0.5, 0.6) is 0 Å². The van der Waals surface area contributed by atoms with E-state index in [1.165, 1.54) is 12.1 Å². The third kappa shape index (κ3) is 2.28. The molecule has 0 saturated carbocycles. The normalized spacial score (nSPS) is 12.7. The smallest absolute Gasteiger partial charge is 0.125 e. The highest BCUT2D eigenvalue weighted by Gasteiger charge is 2.07. The largest absolute Gasteiger partial charge is 0.328 e. The third-order valence-electron chi connectivity index (χ3n) is 2.31. The molecule has 2 aromatic rings. The van der Waals surface area contributed by atoms with Crippen LogP contribution >= 0.6 is 0 Å². The molecule has 16 heavy (non-hydrogen) atoms. The summed E-state index contributed by atoms with van der Waals surface area (Å²) in [5, 5.41) is 0. The van der Waals surface area contributed by atoms with Gasteiger partial charge < -0.3 is 10.3 Å². The number of hydrogen-bond acceptors (Lipinski definition) is 2. The molecule has 4 heteroatoms. The lowest BCUT2D eigenvalue weighted by molar-refractivity contribution is 0.625. The van der Waals surface area contributed by atoms with Crippen LogP contribution in [-0.2, 0) is 6.42 Å². The molecule has 84 valence electrons. The minimum absolute atomic E-state index is 0.0368. The highest BCUT2D eigenvalue weighted by molar-refractivity contribution is 5.33. The maximum atomic E-state index is 13.1. The SMILES string of the molecule is CC(N)Cc1nccn1-c1cccc(F)c1. The van der Waals surface area contributed by atoms with Crippen LogP contribution in [-0.4, -0.2) is 15.6 Å². The van der Waals surface area contributed by atoms with Crippen LogP contribution in [0.3, 0.4) is 0 Å². The molecule has 0 saturated heterocycles. The highest BCUT2D eigenvalue weighted by atomic mass is 19.1. The summed E-state index contributed by atoms with van der Waals surface area (Å²) in [5.41, 5.74) is 6.50. The second kappa shape index (κ2) is 4.45. The monoisotopic (exact) mass is 219 g/mol. The first-order valence-corrected chi connectivity index (χ1v) is 5.20. The van der Waals surface area contributed by atoms with Crippen LogP contribution in [0.1, 0.15) is 12.7 Å². The number of rotatable bonds is 3. The minimum atomic E-state index is -0.252. The molecule has 1 aromatic heterocycles. The molecule has 0 aliphatic heterocycles. The molecule has 0 aliphatic carbocycles. The van der Waals surface area contributed by atoms with Gasteiger partial charge in [0.05, 0.1) is 0 Å². The van der Waals surface area contributed by atoms with E-state index in [1.807, 2.05) is 23.8 Å². The lowest BCUT2D eigenvalue weighted by Crippen LogP contribution is -2.20. The van der Waals surface area contributed by atoms with E-state index in [4.69, 9.17) is 5.73 Å². The van der Waals surface area contributed by atoms with Crippen molar-refractivity contribution in [3.63, 3.8) is 0 Å². The van der Waals surface area contributed by atoms with E-state index < -0.39 is 0 Å². The van der Waals surface area contributed by atoms with Crippen molar-refractivity contribution in [2.24, 2.45) is 5.73 Å². The Balaban J connectivity index is 2.37. The maximum Gasteiger partial charge on any atom is 0.125 e. The molecule has 0 aliphatic rings. The number of nitrogens with two attached hydrogens (primary N) is 1. The summed E-state index contributed by atoms with van der Waals surface area (Å²) >= 11 is 0. The predicted molar refractivity (Wildman–Crippen MR) is 60.9 cm³/mol. The second-order valence-electron chi connectivity index (χ2n) is 3.87. The summed E-state index contributed by atoms with van der Waals surface area (Å²) in [6.07, 6.45) is 4.18. The van der Waals surface area contributed by atoms with Gasteiger partial charge in [0, 0.05) is 30.5 Å². The van der Waals surface area contributed by atoms with E-state index in [1.54, 1.807) is 12.3 Å². The number of benzene rings is 1. The van der Waals surface area contributed by atoms with Crippen LogP contribution < -0.4 is 5.73 Å². The summed E-state index contributed by atoms with van der Waals surface area (Å²) in [6, 6.07) is 6.46. The Hall–Kier alpha value is -1.68. The molecule has 2 N–H and O–H groups in total. The summed E-state index contributed by atoms with van der Waals surface area (Å²) in [6.45, 7) is 1.92. The molecular weight excluding hydrogens is 205 g/mol. The average molecular weight is 219 g/mol. The lowest BCUT2D eigenvalue weighted by atomic mass is 10.2. The maximum absolute atomic E-state index is 13.1. The van der Waals surface area contributed by atoms with Gasteiger partial charge in [0.2, 0.25) is 0 Å². The molecule has 2 rings (SSSR count). The molecule has 1 unspecified atom stereocenters. The molecule has 1 atom stereocenters. The number of nitrogens with zero attached hydrogens (tertiary/aromatic N) is 2. The van der Waals surface area contributed by atoms with Gasteiger partial charge in [-0.2, -0.15) is 0 Å². The molecule has 1 heterocycles. The van der Waals surface area contributed by atoms with Gasteiger partial charge in [-0.3, -0.25) is 0 Å². The van der Waals surface area contributed by atoms with Crippen molar-refractivity contribution in [1.29, 1.82) is 0 Å². The van der Waals surface area contributed by atoms with Crippen molar-refractivity contribution in [2.45, 2.75) is 19.4 Å². The molecule has 0 radical (unpaired) electrons. The van der Waals surface area contributed by atoms with Gasteiger partial charge in [-0.25, -0.2) is 9.37 Å². The zero-order valence-electron chi connectivity index (χ0n) is 9.10. The Morgan fingerprint density at radius 1 is 1.50 bits per heavy atom. The van der Waals surface area contributed by atoms with Crippen LogP contribution in [0, 0.1) is 5.82 Å². The van der Waals surface area contributed by atoms with Crippen molar-refractivity contribution in [2.75, 3.05) is 0 Å². The van der Waals surface area contributed by atoms with Crippen LogP contribution in [0.4, 0.5) is 4.39 Å². The molecule has 0 spiro atoms. The fourth-order valence-electron chi connectivity index (χ4n) is 1.63. The Morgan fingerprint density at radius 3 is 3.00 bits per heavy atom. The standard InChI is InChI=1S/C12H14FN3/c1-9(14)7-12-15-5-6-16(12)11-4-2-3-10(13)8-11/h2-6,8-9H,7,14H2,1H3. The van der Waals surface area contributed by atoms with Gasteiger partial charge in [-0.15, -0.1) is 0 Å². The highest BCUT2D eigenvalue weighted by Crippen LogP contribution is 2.13. The lowest BCUT2D eigenvalue weighted by Gasteiger charge is -2.09. The van der Waals surface area contributed by atoms with Crippen LogP contribution in [0.2, 0.25) is 0 Å². The number of aromatic nitrogens is 2. The summed E-state index contributed by atoms with van der Waals surface area (Å²) in [4.78, 5) is 4.22. The quantitative estimate of drug-likeness (QED) is 0.856. The fraction of sp³-hybridized carbons (Fsp3) is 0.250. The van der Waals surface area contributed by atoms with Crippen molar-refractivity contribution < 1.29 is 4.39 Å². The number of hydrogen-bond donors (Lipinski definition) is 1. The molecule has 1 aromatic carbocycles. The van der Waals surface area contributed by atoms with E-state index in [2.05, 4.69) is 4.98 Å². The first-order valence-electron chi connectivity index (χ1n) is 5.20. The van der Waals surface area contributed by atoms with Crippen LogP contribution in [0.15, 0.2) is 36.7 Å². The van der Waals surface area contributed by atoms with Crippen molar-refractivity contribution in [3.8, 4) is 5.69 Å². The zero-order valence-corrected chi connectivity index (χ0v) is 9.10. The Morgan fingerprint density at radius 2 is 2.31 bits per heavy atom. The van der Waals surface area contributed by atoms with Gasteiger partial charge in [-0.1, -0.05) is 6.07 Å². The average Bonchev–Trinajstić information content (AvgIpc) is 2.65. The number of imidazole rings is 1. The number of halogens is 1. The van der Waals surface area contributed by atoms with Gasteiger partial charge in [-0.05, 0) is 25.1 Å². The van der Waals surface area contributed by atoms with Gasteiger partial charge in [0.25, 0.3) is 0 Å². The first-order chi connectivity index (χ1) is 7.66. The zero-order chi connectivity index (χ0) is 11.5. The molecule has 0 amide bonds. The molecule has 0 fully saturated rings. The fourth-order valence-corrected chi connectivity index (χ4v) is 1.63. The van der Waals surface area contributed by atoms with Gasteiger partial charge in [0.15, 0.2) is 0 Å². The Bertz CT molecular complexity index is 477. The van der Waals surface area contributed by atoms with E-state index in [0.717, 1.165) is 11.5 Å². The molecule has 3 nitrogen and oxygen atoms in total. The second-order valence-corrected chi connectivity index (χ2v) is 3.87. The van der Waals surface area contributed by atoms with Crippen molar-refractivity contribution in [3.05, 3.63) is 48.3 Å². The Labute approximate surface area is 93.7 Å². The predicted octanol–water partition coefficient (Wildman–Crippen LogP) is 1.90. The van der Waals surface area contributed by atoms with E-state index >= 15 is 0 Å². The van der Waals surface area contributed by atoms with Crippen molar-refractivity contribution in [1.82, 2.24) is 9.55 Å². The van der Waals surface area contributed by atoms with Crippen LogP contribution in [0.25, 0.3) is 5.69 Å². The molecular formula is C12H14FN3. The summed E-state index contributed by atoms with van der Waals surface area (Å²) < 4.78 is 14.9. The topological polar surface area (TPSA) is 43.8 Å². The van der Waals surface area contributed by atoms with E-state index in [-0.39, 0.29) is 11.9 Å². The Kier molecular flexibility index (Phi) is 3.01. The van der Waals surface area contributed by atoms with E-state index in [9.17, 15) is 4.39 Å². The van der Waals surface area contributed by atoms with E-state index in [0.29, 0.717) is 6.42 Å². The van der Waals surface area contributed by atoms with Gasteiger partial charge in [0.1, 0.15) is 11.6 Å². The summed E-state index contributed by atoms with van der Waals surface area (Å²) in [5.74, 6) is 0.596. The minimum Gasteiger partial charge on any atom is -0.328 e.